The Morgan fingerprint density at radius 3 is 2.62 bits per heavy atom. The second kappa shape index (κ2) is 3.76. The Kier molecular flexibility index (Phi) is 2.56. The highest BCUT2D eigenvalue weighted by Gasteiger charge is 2.11. The fourth-order valence-electron chi connectivity index (χ4n) is 1.75. The standard InChI is InChI=1S/C12H10ClNO2/c1-6-3-7(2)11-8(4-6)9(13)5-10(14-11)12(15)16/h3-5H,1-2H3,(H,15,16). The number of pyridine rings is 1. The third kappa shape index (κ3) is 1.74. The van der Waals surface area contributed by atoms with E-state index in [0.29, 0.717) is 10.5 Å². The molecule has 0 aliphatic carbocycles. The largest absolute Gasteiger partial charge is 0.477 e. The maximum atomic E-state index is 10.9. The molecule has 0 aliphatic heterocycles. The van der Waals surface area contributed by atoms with Crippen molar-refractivity contribution < 1.29 is 9.90 Å². The van der Waals surface area contributed by atoms with Crippen LogP contribution in [0.25, 0.3) is 10.9 Å². The number of fused-ring (bicyclic) bond motifs is 1. The maximum Gasteiger partial charge on any atom is 0.354 e. The number of halogens is 1. The molecule has 0 saturated carbocycles. The van der Waals surface area contributed by atoms with Crippen molar-refractivity contribution in [3.63, 3.8) is 0 Å². The van der Waals surface area contributed by atoms with Crippen molar-refractivity contribution in [2.75, 3.05) is 0 Å². The number of carbonyl (C=O) groups is 1. The maximum absolute atomic E-state index is 10.9. The monoisotopic (exact) mass is 235 g/mol. The molecule has 0 unspecified atom stereocenters. The fraction of sp³-hybridized carbons (Fsp3) is 0.167. The molecule has 16 heavy (non-hydrogen) atoms. The van der Waals surface area contributed by atoms with Gasteiger partial charge < -0.3 is 5.11 Å². The van der Waals surface area contributed by atoms with Crippen molar-refractivity contribution >= 4 is 28.5 Å². The molecule has 0 spiro atoms. The van der Waals surface area contributed by atoms with Gasteiger partial charge in [-0.1, -0.05) is 23.2 Å². The van der Waals surface area contributed by atoms with Gasteiger partial charge in [-0.3, -0.25) is 0 Å². The van der Waals surface area contributed by atoms with E-state index in [9.17, 15) is 4.79 Å². The van der Waals surface area contributed by atoms with Crippen LogP contribution in [0.2, 0.25) is 5.02 Å². The first-order valence-corrected chi connectivity index (χ1v) is 5.17. The van der Waals surface area contributed by atoms with Crippen LogP contribution < -0.4 is 0 Å². The van der Waals surface area contributed by atoms with E-state index in [-0.39, 0.29) is 5.69 Å². The number of rotatable bonds is 1. The lowest BCUT2D eigenvalue weighted by Crippen LogP contribution is -2.01. The van der Waals surface area contributed by atoms with Gasteiger partial charge in [0.05, 0.1) is 10.5 Å². The van der Waals surface area contributed by atoms with Gasteiger partial charge in [0.1, 0.15) is 5.69 Å². The minimum atomic E-state index is -1.07. The van der Waals surface area contributed by atoms with Crippen molar-refractivity contribution in [1.82, 2.24) is 4.98 Å². The molecule has 0 saturated heterocycles. The highest BCUT2D eigenvalue weighted by Crippen LogP contribution is 2.26. The number of nitrogens with zero attached hydrogens (tertiary/aromatic N) is 1. The van der Waals surface area contributed by atoms with Crippen LogP contribution in [-0.2, 0) is 0 Å². The highest BCUT2D eigenvalue weighted by atomic mass is 35.5. The van der Waals surface area contributed by atoms with Crippen molar-refractivity contribution in [1.29, 1.82) is 0 Å². The third-order valence-electron chi connectivity index (χ3n) is 2.42. The van der Waals surface area contributed by atoms with Gasteiger partial charge in [0.2, 0.25) is 0 Å². The first-order chi connectivity index (χ1) is 7.49. The number of aryl methyl sites for hydroxylation is 2. The van der Waals surface area contributed by atoms with Crippen molar-refractivity contribution in [2.45, 2.75) is 13.8 Å². The van der Waals surface area contributed by atoms with Gasteiger partial charge in [-0.15, -0.1) is 0 Å². The van der Waals surface area contributed by atoms with Crippen LogP contribution in [0.15, 0.2) is 18.2 Å². The smallest absolute Gasteiger partial charge is 0.354 e. The summed E-state index contributed by atoms with van der Waals surface area (Å²) in [6.45, 7) is 3.86. The van der Waals surface area contributed by atoms with Gasteiger partial charge in [0.15, 0.2) is 0 Å². The lowest BCUT2D eigenvalue weighted by Gasteiger charge is -2.06. The minimum Gasteiger partial charge on any atom is -0.477 e. The van der Waals surface area contributed by atoms with E-state index in [4.69, 9.17) is 16.7 Å². The number of aromatic carboxylic acids is 1. The lowest BCUT2D eigenvalue weighted by molar-refractivity contribution is 0.0691. The first kappa shape index (κ1) is 10.9. The summed E-state index contributed by atoms with van der Waals surface area (Å²) in [4.78, 5) is 14.9. The number of carboxylic acids is 1. The SMILES string of the molecule is Cc1cc(C)c2nc(C(=O)O)cc(Cl)c2c1. The van der Waals surface area contributed by atoms with Crippen LogP contribution in [0.3, 0.4) is 0 Å². The van der Waals surface area contributed by atoms with E-state index in [1.807, 2.05) is 26.0 Å². The molecular formula is C12H10ClNO2. The first-order valence-electron chi connectivity index (χ1n) is 4.80. The molecule has 1 aromatic heterocycles. The molecule has 4 heteroatoms. The summed E-state index contributed by atoms with van der Waals surface area (Å²) < 4.78 is 0. The molecule has 0 radical (unpaired) electrons. The summed E-state index contributed by atoms with van der Waals surface area (Å²) in [7, 11) is 0. The number of hydrogen-bond donors (Lipinski definition) is 1. The molecule has 0 bridgehead atoms. The Balaban J connectivity index is 2.87. The van der Waals surface area contributed by atoms with Crippen LogP contribution in [0, 0.1) is 13.8 Å². The van der Waals surface area contributed by atoms with Crippen molar-refractivity contribution in [2.24, 2.45) is 0 Å². The van der Waals surface area contributed by atoms with E-state index in [1.54, 1.807) is 0 Å². The zero-order valence-corrected chi connectivity index (χ0v) is 9.67. The molecule has 0 fully saturated rings. The number of benzene rings is 1. The zero-order chi connectivity index (χ0) is 11.9. The summed E-state index contributed by atoms with van der Waals surface area (Å²) in [6.07, 6.45) is 0. The van der Waals surface area contributed by atoms with E-state index >= 15 is 0 Å². The third-order valence-corrected chi connectivity index (χ3v) is 2.73. The number of aromatic nitrogens is 1. The van der Waals surface area contributed by atoms with E-state index < -0.39 is 5.97 Å². The van der Waals surface area contributed by atoms with Crippen LogP contribution in [0.1, 0.15) is 21.6 Å². The van der Waals surface area contributed by atoms with Gasteiger partial charge in [-0.2, -0.15) is 0 Å². The van der Waals surface area contributed by atoms with Crippen LogP contribution >= 0.6 is 11.6 Å². The minimum absolute atomic E-state index is 0.0237. The van der Waals surface area contributed by atoms with Gasteiger partial charge in [-0.25, -0.2) is 9.78 Å². The van der Waals surface area contributed by atoms with Gasteiger partial charge >= 0.3 is 5.97 Å². The zero-order valence-electron chi connectivity index (χ0n) is 8.91. The molecule has 0 atom stereocenters. The molecule has 2 aromatic rings. The predicted molar refractivity (Wildman–Crippen MR) is 63.2 cm³/mol. The van der Waals surface area contributed by atoms with E-state index in [0.717, 1.165) is 16.5 Å². The second-order valence-corrected chi connectivity index (χ2v) is 4.18. The summed E-state index contributed by atoms with van der Waals surface area (Å²) in [5.74, 6) is -1.07. The number of hydrogen-bond acceptors (Lipinski definition) is 2. The summed E-state index contributed by atoms with van der Waals surface area (Å²) >= 11 is 6.05. The van der Waals surface area contributed by atoms with Crippen LogP contribution in [0.4, 0.5) is 0 Å². The Labute approximate surface area is 97.7 Å². The average Bonchev–Trinajstić information content (AvgIpc) is 2.19. The van der Waals surface area contributed by atoms with Gasteiger partial charge in [0.25, 0.3) is 0 Å². The van der Waals surface area contributed by atoms with Crippen molar-refractivity contribution in [3.05, 3.63) is 40.0 Å². The quantitative estimate of drug-likeness (QED) is 0.826. The molecule has 2 rings (SSSR count). The lowest BCUT2D eigenvalue weighted by atomic mass is 10.1. The summed E-state index contributed by atoms with van der Waals surface area (Å²) in [5, 5.41) is 10.1. The Hall–Kier alpha value is -1.61. The highest BCUT2D eigenvalue weighted by molar-refractivity contribution is 6.35. The van der Waals surface area contributed by atoms with Crippen LogP contribution in [0.5, 0.6) is 0 Å². The topological polar surface area (TPSA) is 50.2 Å². The average molecular weight is 236 g/mol. The second-order valence-electron chi connectivity index (χ2n) is 3.77. The normalized spacial score (nSPS) is 10.7. The summed E-state index contributed by atoms with van der Waals surface area (Å²) in [5.41, 5.74) is 2.64. The Morgan fingerprint density at radius 1 is 1.31 bits per heavy atom. The summed E-state index contributed by atoms with van der Waals surface area (Å²) in [6, 6.07) is 5.24. The van der Waals surface area contributed by atoms with Crippen molar-refractivity contribution in [3.8, 4) is 0 Å². The molecule has 1 N–H and O–H groups in total. The number of carboxylic acid groups (broad SMARTS) is 1. The Morgan fingerprint density at radius 2 is 2.00 bits per heavy atom. The molecule has 3 nitrogen and oxygen atoms in total. The molecular weight excluding hydrogens is 226 g/mol. The Bertz CT molecular complexity index is 593. The molecule has 0 amide bonds. The van der Waals surface area contributed by atoms with Crippen LogP contribution in [-0.4, -0.2) is 16.1 Å². The molecule has 0 aliphatic rings. The van der Waals surface area contributed by atoms with Gasteiger partial charge in [0, 0.05) is 5.39 Å². The van der Waals surface area contributed by atoms with E-state index in [1.165, 1.54) is 6.07 Å². The fourth-order valence-corrected chi connectivity index (χ4v) is 2.00. The predicted octanol–water partition coefficient (Wildman–Crippen LogP) is 3.20. The molecule has 1 aromatic carbocycles. The van der Waals surface area contributed by atoms with E-state index in [2.05, 4.69) is 4.98 Å². The molecule has 1 heterocycles. The van der Waals surface area contributed by atoms with Gasteiger partial charge in [-0.05, 0) is 31.5 Å². The molecule has 82 valence electrons.